The van der Waals surface area contributed by atoms with Crippen LogP contribution in [0.1, 0.15) is 0 Å². The van der Waals surface area contributed by atoms with Crippen molar-refractivity contribution in [3.8, 4) is 0 Å². The van der Waals surface area contributed by atoms with Gasteiger partial charge in [-0.2, -0.15) is 0 Å². The minimum absolute atomic E-state index is 0. The van der Waals surface area contributed by atoms with Gasteiger partial charge in [0.15, 0.2) is 0 Å². The topological polar surface area (TPSA) is 45.6 Å². The van der Waals surface area contributed by atoms with E-state index in [2.05, 4.69) is 0 Å². The minimum atomic E-state index is 0. The van der Waals surface area contributed by atoms with Crippen LogP contribution in [0, 0.1) is 0 Å². The maximum absolute atomic E-state index is 8.06. The van der Waals surface area contributed by atoms with Crippen LogP contribution >= 0.6 is 0 Å². The molecule has 0 amide bonds. The smallest absolute Gasteiger partial charge is 2.00 e. The van der Waals surface area contributed by atoms with Gasteiger partial charge in [0.1, 0.15) is 0 Å². The molecule has 0 unspecified atom stereocenters. The minimum Gasteiger partial charge on any atom is -2.00 e. The molecule has 2 nitrogen and oxygen atoms in total. The molecule has 0 saturated heterocycles. The monoisotopic (exact) mass is 115 g/mol. The van der Waals surface area contributed by atoms with Crippen molar-refractivity contribution < 1.29 is 50.5 Å². The predicted octanol–water partition coefficient (Wildman–Crippen LogP) is -3.62. The average Bonchev–Trinajstić information content (AvgIpc) is 1.00. The van der Waals surface area contributed by atoms with Gasteiger partial charge in [-0.25, -0.2) is 0 Å². The van der Waals surface area contributed by atoms with Gasteiger partial charge in [0, 0.05) is 0 Å². The van der Waals surface area contributed by atoms with E-state index in [0.717, 1.165) is 0 Å². The van der Waals surface area contributed by atoms with E-state index in [9.17, 15) is 0 Å². The molecule has 0 atom stereocenters. The van der Waals surface area contributed by atoms with Gasteiger partial charge in [-0.15, -0.1) is 0 Å². The van der Waals surface area contributed by atoms with E-state index >= 15 is 0 Å². The van der Waals surface area contributed by atoms with Crippen molar-refractivity contribution in [2.75, 3.05) is 0 Å². The molecule has 0 radical (unpaired) electrons. The summed E-state index contributed by atoms with van der Waals surface area (Å²) in [5.41, 5.74) is 0. The molecule has 0 aliphatic carbocycles. The fourth-order valence-electron chi connectivity index (χ4n) is 0. The van der Waals surface area contributed by atoms with E-state index in [1.165, 1.54) is 0 Å². The maximum Gasteiger partial charge on any atom is 4.00 e. The SMILES string of the molecule is O=[Si+2].[Li+].[O-2].[Ti+4]. The third kappa shape index (κ3) is 34.4. The first-order chi connectivity index (χ1) is 1.00. The number of hydrogen-bond donors (Lipinski definition) is 0. The van der Waals surface area contributed by atoms with Crippen molar-refractivity contribution in [1.29, 1.82) is 0 Å². The van der Waals surface area contributed by atoms with Crippen LogP contribution in [0.15, 0.2) is 0 Å². The van der Waals surface area contributed by atoms with Gasteiger partial charge in [0.05, 0.1) is 0 Å². The summed E-state index contributed by atoms with van der Waals surface area (Å²) in [4.78, 5) is 0. The zero-order chi connectivity index (χ0) is 2.00. The second-order valence-corrected chi connectivity index (χ2v) is 0. The Bertz CT molecular complexity index is 9.61. The Morgan fingerprint density at radius 1 is 1.20 bits per heavy atom. The normalized spacial score (nSPS) is 1.20. The number of rotatable bonds is 0. The summed E-state index contributed by atoms with van der Waals surface area (Å²) in [7, 11) is 1.72. The van der Waals surface area contributed by atoms with Gasteiger partial charge in [-0.1, -0.05) is 0 Å². The molecular formula is LiO2SiTi+5. The van der Waals surface area contributed by atoms with E-state index in [0.29, 0.717) is 0 Å². The Morgan fingerprint density at radius 2 is 1.20 bits per heavy atom. The molecular weight excluding hydrogens is 115 g/mol. The van der Waals surface area contributed by atoms with Crippen molar-refractivity contribution in [2.24, 2.45) is 0 Å². The van der Waals surface area contributed by atoms with Crippen LogP contribution in [0.25, 0.3) is 0 Å². The van der Waals surface area contributed by atoms with Gasteiger partial charge in [-0.05, 0) is 0 Å². The Kier molecular flexibility index (Phi) is 393. The Hall–Kier alpha value is 1.29. The van der Waals surface area contributed by atoms with Crippen molar-refractivity contribution in [3.05, 3.63) is 0 Å². The predicted molar refractivity (Wildman–Crippen MR) is 7.13 cm³/mol. The first kappa shape index (κ1) is 33.6. The quantitative estimate of drug-likeness (QED) is 0.300. The van der Waals surface area contributed by atoms with Gasteiger partial charge in [0.25, 0.3) is 0 Å². The van der Waals surface area contributed by atoms with E-state index in [4.69, 9.17) is 4.46 Å². The zero-order valence-electron chi connectivity index (χ0n) is 2.82. The zero-order valence-corrected chi connectivity index (χ0v) is 5.38. The van der Waals surface area contributed by atoms with Gasteiger partial charge >= 0.3 is 55.2 Å². The van der Waals surface area contributed by atoms with Crippen molar-refractivity contribution in [2.45, 2.75) is 0 Å². The van der Waals surface area contributed by atoms with Crippen LogP contribution in [0.4, 0.5) is 0 Å². The first-order valence-corrected chi connectivity index (χ1v) is 0.612. The van der Waals surface area contributed by atoms with E-state index < -0.39 is 0 Å². The van der Waals surface area contributed by atoms with Crippen LogP contribution in [-0.2, 0) is 31.7 Å². The van der Waals surface area contributed by atoms with Gasteiger partial charge in [0.2, 0.25) is 0 Å². The molecule has 0 bridgehead atoms. The van der Waals surface area contributed by atoms with E-state index in [1.807, 2.05) is 0 Å². The molecule has 0 rings (SSSR count). The molecule has 0 N–H and O–H groups in total. The molecule has 0 aromatic carbocycles. The summed E-state index contributed by atoms with van der Waals surface area (Å²) in [6, 6.07) is 0. The van der Waals surface area contributed by atoms with Crippen LogP contribution in [0.2, 0.25) is 0 Å². The van der Waals surface area contributed by atoms with Crippen LogP contribution in [-0.4, -0.2) is 10.1 Å². The molecule has 0 saturated carbocycles. The fourth-order valence-corrected chi connectivity index (χ4v) is 0. The van der Waals surface area contributed by atoms with Crippen molar-refractivity contribution in [1.82, 2.24) is 0 Å². The maximum atomic E-state index is 8.06. The largest absolute Gasteiger partial charge is 4.00 e. The number of hydrogen-bond acceptors (Lipinski definition) is 1. The van der Waals surface area contributed by atoms with Crippen LogP contribution in [0.5, 0.6) is 0 Å². The standard InChI is InChI=1S/Li.OSi.O.Ti/c;1-2;;/q+1;+2;-2;+4. The van der Waals surface area contributed by atoms with Gasteiger partial charge in [-0.3, -0.25) is 0 Å². The third-order valence-electron chi connectivity index (χ3n) is 0. The summed E-state index contributed by atoms with van der Waals surface area (Å²) < 4.78 is 8.06. The average molecular weight is 115 g/mol. The molecule has 0 aliphatic heterocycles. The molecule has 0 fully saturated rings. The van der Waals surface area contributed by atoms with Gasteiger partial charge < -0.3 is 5.48 Å². The molecule has 0 aromatic heterocycles. The molecule has 5 heavy (non-hydrogen) atoms. The summed E-state index contributed by atoms with van der Waals surface area (Å²) in [6.07, 6.45) is 0. The van der Waals surface area contributed by atoms with Crippen LogP contribution in [0.3, 0.4) is 0 Å². The summed E-state index contributed by atoms with van der Waals surface area (Å²) in [5, 5.41) is 0. The molecule has 5 heteroatoms. The second-order valence-electron chi connectivity index (χ2n) is 0. The Labute approximate surface area is 60.6 Å². The molecule has 0 aliphatic rings. The van der Waals surface area contributed by atoms with Crippen LogP contribution < -0.4 is 18.9 Å². The summed E-state index contributed by atoms with van der Waals surface area (Å²) in [6.45, 7) is 0. The molecule has 0 aromatic rings. The molecule has 16 valence electrons. The summed E-state index contributed by atoms with van der Waals surface area (Å²) >= 11 is 0. The fraction of sp³-hybridized carbons (Fsp3) is 0. The van der Waals surface area contributed by atoms with E-state index in [1.54, 1.807) is 10.1 Å². The summed E-state index contributed by atoms with van der Waals surface area (Å²) in [5.74, 6) is 0. The Morgan fingerprint density at radius 3 is 1.20 bits per heavy atom. The molecule has 0 heterocycles. The van der Waals surface area contributed by atoms with E-state index in [-0.39, 0.29) is 46.1 Å². The Balaban J connectivity index is -0.00000000167. The van der Waals surface area contributed by atoms with Crippen molar-refractivity contribution >= 4 is 10.1 Å². The van der Waals surface area contributed by atoms with Crippen molar-refractivity contribution in [3.63, 3.8) is 0 Å². The third-order valence-corrected chi connectivity index (χ3v) is 0. The first-order valence-electron chi connectivity index (χ1n) is 0.204. The second kappa shape index (κ2) is 58.6. The molecule has 0 spiro atoms.